The maximum absolute atomic E-state index is 12.6. The Balaban J connectivity index is 1.87. The zero-order valence-electron chi connectivity index (χ0n) is 11.7. The van der Waals surface area contributed by atoms with E-state index in [1.165, 1.54) is 0 Å². The van der Waals surface area contributed by atoms with E-state index in [4.69, 9.17) is 34.8 Å². The molecule has 2 amide bonds. The average Bonchev–Trinajstić information content (AvgIpc) is 2.79. The normalized spacial score (nSPS) is 17.7. The molecule has 1 fully saturated rings. The predicted molar refractivity (Wildman–Crippen MR) is 92.4 cm³/mol. The van der Waals surface area contributed by atoms with Crippen LogP contribution in [0.15, 0.2) is 42.5 Å². The van der Waals surface area contributed by atoms with Crippen LogP contribution in [0.3, 0.4) is 0 Å². The number of benzene rings is 2. The summed E-state index contributed by atoms with van der Waals surface area (Å²) >= 11 is 18.2. The summed E-state index contributed by atoms with van der Waals surface area (Å²) in [5.41, 5.74) is 0.886. The van der Waals surface area contributed by atoms with Crippen molar-refractivity contribution in [3.8, 4) is 0 Å². The van der Waals surface area contributed by atoms with E-state index in [1.807, 2.05) is 0 Å². The molecule has 1 aliphatic heterocycles. The van der Waals surface area contributed by atoms with E-state index in [0.29, 0.717) is 26.4 Å². The van der Waals surface area contributed by atoms with Gasteiger partial charge in [-0.25, -0.2) is 4.90 Å². The number of rotatable bonds is 3. The third-order valence-electron chi connectivity index (χ3n) is 3.52. The zero-order valence-corrected chi connectivity index (χ0v) is 14.0. The van der Waals surface area contributed by atoms with E-state index >= 15 is 0 Å². The van der Waals surface area contributed by atoms with Crippen molar-refractivity contribution in [3.05, 3.63) is 57.5 Å². The van der Waals surface area contributed by atoms with Crippen molar-refractivity contribution in [1.29, 1.82) is 0 Å². The number of amides is 2. The topological polar surface area (TPSA) is 49.4 Å². The molecule has 118 valence electrons. The molecule has 1 aliphatic rings. The molecule has 0 saturated carbocycles. The summed E-state index contributed by atoms with van der Waals surface area (Å²) in [6.07, 6.45) is 0.0207. The first kappa shape index (κ1) is 16.1. The highest BCUT2D eigenvalue weighted by Gasteiger charge is 2.40. The molecule has 0 unspecified atom stereocenters. The summed E-state index contributed by atoms with van der Waals surface area (Å²) in [6.45, 7) is 0. The fourth-order valence-electron chi connectivity index (χ4n) is 2.43. The quantitative estimate of drug-likeness (QED) is 0.816. The standard InChI is InChI=1S/C16H11Cl3N2O2/c17-9-4-1-2-7-13(9)21-14(22)8-12(16(21)23)20-11-6-3-5-10(18)15(11)19/h1-7,12,20H,8H2/t12-/m0/s1. The van der Waals surface area contributed by atoms with E-state index < -0.39 is 6.04 Å². The monoisotopic (exact) mass is 368 g/mol. The zero-order chi connectivity index (χ0) is 16.6. The Hall–Kier alpha value is -1.75. The highest BCUT2D eigenvalue weighted by Crippen LogP contribution is 2.33. The van der Waals surface area contributed by atoms with Gasteiger partial charge in [-0.1, -0.05) is 53.0 Å². The van der Waals surface area contributed by atoms with Gasteiger partial charge in [-0.3, -0.25) is 9.59 Å². The Morgan fingerprint density at radius 1 is 0.957 bits per heavy atom. The lowest BCUT2D eigenvalue weighted by molar-refractivity contribution is -0.121. The lowest BCUT2D eigenvalue weighted by Gasteiger charge is -2.17. The highest BCUT2D eigenvalue weighted by atomic mass is 35.5. The number of carbonyl (C=O) groups is 2. The van der Waals surface area contributed by atoms with Crippen LogP contribution in [-0.2, 0) is 9.59 Å². The summed E-state index contributed by atoms with van der Waals surface area (Å²) < 4.78 is 0. The molecule has 1 saturated heterocycles. The Labute approximate surface area is 147 Å². The number of anilines is 2. The summed E-state index contributed by atoms with van der Waals surface area (Å²) in [5, 5.41) is 4.00. The van der Waals surface area contributed by atoms with Gasteiger partial charge >= 0.3 is 0 Å². The SMILES string of the molecule is O=C1C[C@H](Nc2cccc(Cl)c2Cl)C(=O)N1c1ccccc1Cl. The van der Waals surface area contributed by atoms with Crippen molar-refractivity contribution in [1.82, 2.24) is 0 Å². The number of imide groups is 1. The minimum atomic E-state index is -0.713. The molecule has 2 aromatic carbocycles. The van der Waals surface area contributed by atoms with E-state index in [0.717, 1.165) is 4.90 Å². The summed E-state index contributed by atoms with van der Waals surface area (Å²) in [4.78, 5) is 25.9. The van der Waals surface area contributed by atoms with Crippen LogP contribution in [0.1, 0.15) is 6.42 Å². The van der Waals surface area contributed by atoms with Crippen molar-refractivity contribution < 1.29 is 9.59 Å². The molecule has 4 nitrogen and oxygen atoms in total. The maximum Gasteiger partial charge on any atom is 0.256 e. The summed E-state index contributed by atoms with van der Waals surface area (Å²) in [6, 6.07) is 11.1. The second kappa shape index (κ2) is 6.40. The van der Waals surface area contributed by atoms with Crippen LogP contribution in [0, 0.1) is 0 Å². The number of nitrogens with zero attached hydrogens (tertiary/aromatic N) is 1. The van der Waals surface area contributed by atoms with Gasteiger partial charge in [0.2, 0.25) is 5.91 Å². The van der Waals surface area contributed by atoms with Crippen molar-refractivity contribution >= 4 is 58.0 Å². The van der Waals surface area contributed by atoms with Crippen LogP contribution in [0.5, 0.6) is 0 Å². The van der Waals surface area contributed by atoms with Gasteiger partial charge in [0.15, 0.2) is 0 Å². The first-order valence-corrected chi connectivity index (χ1v) is 7.94. The lowest BCUT2D eigenvalue weighted by Crippen LogP contribution is -2.35. The highest BCUT2D eigenvalue weighted by molar-refractivity contribution is 6.43. The fraction of sp³-hybridized carbons (Fsp3) is 0.125. The molecule has 0 aliphatic carbocycles. The third-order valence-corrected chi connectivity index (χ3v) is 4.66. The largest absolute Gasteiger partial charge is 0.372 e. The summed E-state index contributed by atoms with van der Waals surface area (Å²) in [7, 11) is 0. The van der Waals surface area contributed by atoms with Crippen molar-refractivity contribution in [2.24, 2.45) is 0 Å². The van der Waals surface area contributed by atoms with Gasteiger partial charge in [-0.2, -0.15) is 0 Å². The molecule has 1 heterocycles. The maximum atomic E-state index is 12.6. The Morgan fingerprint density at radius 2 is 1.65 bits per heavy atom. The molecule has 0 spiro atoms. The first-order valence-electron chi connectivity index (χ1n) is 6.81. The smallest absolute Gasteiger partial charge is 0.256 e. The molecule has 0 radical (unpaired) electrons. The third kappa shape index (κ3) is 3.02. The number of nitrogens with one attached hydrogen (secondary N) is 1. The first-order chi connectivity index (χ1) is 11.0. The van der Waals surface area contributed by atoms with Gasteiger partial charge in [0.25, 0.3) is 5.91 Å². The fourth-order valence-corrected chi connectivity index (χ4v) is 3.01. The number of hydrogen-bond acceptors (Lipinski definition) is 3. The molecule has 7 heteroatoms. The van der Waals surface area contributed by atoms with Crippen molar-refractivity contribution in [2.45, 2.75) is 12.5 Å². The average molecular weight is 370 g/mol. The van der Waals surface area contributed by atoms with Crippen LogP contribution in [0.4, 0.5) is 11.4 Å². The molecule has 1 atom stereocenters. The van der Waals surface area contributed by atoms with Crippen LogP contribution < -0.4 is 10.2 Å². The Morgan fingerprint density at radius 3 is 2.39 bits per heavy atom. The molecule has 0 aromatic heterocycles. The molecule has 1 N–H and O–H groups in total. The van der Waals surface area contributed by atoms with Gasteiger partial charge in [0.05, 0.1) is 32.9 Å². The Bertz CT molecular complexity index is 795. The van der Waals surface area contributed by atoms with Crippen LogP contribution in [0.2, 0.25) is 15.1 Å². The summed E-state index contributed by atoms with van der Waals surface area (Å²) in [5.74, 6) is -0.696. The van der Waals surface area contributed by atoms with Crippen LogP contribution in [0.25, 0.3) is 0 Å². The van der Waals surface area contributed by atoms with Crippen LogP contribution >= 0.6 is 34.8 Å². The van der Waals surface area contributed by atoms with Gasteiger partial charge in [-0.05, 0) is 24.3 Å². The van der Waals surface area contributed by atoms with E-state index in [2.05, 4.69) is 5.32 Å². The molecule has 0 bridgehead atoms. The number of carbonyl (C=O) groups excluding carboxylic acids is 2. The number of halogens is 3. The Kier molecular flexibility index (Phi) is 4.48. The molecular formula is C16H11Cl3N2O2. The van der Waals surface area contributed by atoms with E-state index in [1.54, 1.807) is 42.5 Å². The minimum Gasteiger partial charge on any atom is -0.372 e. The van der Waals surface area contributed by atoms with Crippen molar-refractivity contribution in [2.75, 3.05) is 10.2 Å². The van der Waals surface area contributed by atoms with Crippen molar-refractivity contribution in [3.63, 3.8) is 0 Å². The molecule has 2 aromatic rings. The number of para-hydroxylation sites is 1. The van der Waals surface area contributed by atoms with Crippen LogP contribution in [-0.4, -0.2) is 17.9 Å². The van der Waals surface area contributed by atoms with Gasteiger partial charge in [-0.15, -0.1) is 0 Å². The lowest BCUT2D eigenvalue weighted by atomic mass is 10.2. The second-order valence-electron chi connectivity index (χ2n) is 5.02. The second-order valence-corrected chi connectivity index (χ2v) is 6.21. The molecular weight excluding hydrogens is 359 g/mol. The molecule has 23 heavy (non-hydrogen) atoms. The van der Waals surface area contributed by atoms with Gasteiger partial charge in [0, 0.05) is 0 Å². The van der Waals surface area contributed by atoms with Gasteiger partial charge in [0.1, 0.15) is 6.04 Å². The predicted octanol–water partition coefficient (Wildman–Crippen LogP) is 4.39. The number of hydrogen-bond donors (Lipinski definition) is 1. The van der Waals surface area contributed by atoms with Gasteiger partial charge < -0.3 is 5.32 Å². The minimum absolute atomic E-state index is 0.0207. The van der Waals surface area contributed by atoms with E-state index in [-0.39, 0.29) is 18.2 Å². The van der Waals surface area contributed by atoms with E-state index in [9.17, 15) is 9.59 Å². The molecule has 3 rings (SSSR count).